The van der Waals surface area contributed by atoms with Gasteiger partial charge in [-0.1, -0.05) is 23.9 Å². The van der Waals surface area contributed by atoms with Crippen molar-refractivity contribution in [1.29, 1.82) is 0 Å². The molecule has 84 valence electrons. The Balaban J connectivity index is 1.92. The fourth-order valence-electron chi connectivity index (χ4n) is 1.28. The van der Waals surface area contributed by atoms with Crippen LogP contribution in [0.25, 0.3) is 10.2 Å². The molecule has 0 unspecified atom stereocenters. The van der Waals surface area contributed by atoms with Gasteiger partial charge in [-0.3, -0.25) is 4.79 Å². The smallest absolute Gasteiger partial charge is 0.216 e. The number of carbonyl (C=O) groups is 1. The molecule has 0 aliphatic carbocycles. The third-order valence-corrected chi connectivity index (χ3v) is 4.16. The minimum Gasteiger partial charge on any atom is -0.356 e. The zero-order chi connectivity index (χ0) is 11.4. The van der Waals surface area contributed by atoms with Gasteiger partial charge in [-0.15, -0.1) is 11.3 Å². The van der Waals surface area contributed by atoms with E-state index in [-0.39, 0.29) is 5.91 Å². The monoisotopic (exact) mass is 252 g/mol. The van der Waals surface area contributed by atoms with Gasteiger partial charge in [0.2, 0.25) is 5.91 Å². The van der Waals surface area contributed by atoms with Gasteiger partial charge >= 0.3 is 0 Å². The lowest BCUT2D eigenvalue weighted by molar-refractivity contribution is -0.118. The molecular weight excluding hydrogens is 240 g/mol. The van der Waals surface area contributed by atoms with Crippen LogP contribution in [0.15, 0.2) is 28.6 Å². The Hall–Kier alpha value is -1.07. The van der Waals surface area contributed by atoms with E-state index >= 15 is 0 Å². The van der Waals surface area contributed by atoms with Crippen molar-refractivity contribution in [1.82, 2.24) is 10.3 Å². The number of nitrogens with zero attached hydrogens (tertiary/aromatic N) is 1. The van der Waals surface area contributed by atoms with Crippen molar-refractivity contribution in [2.24, 2.45) is 0 Å². The molecule has 2 aromatic rings. The predicted molar refractivity (Wildman–Crippen MR) is 69.0 cm³/mol. The molecule has 1 N–H and O–H groups in total. The summed E-state index contributed by atoms with van der Waals surface area (Å²) in [6.45, 7) is 2.22. The molecule has 0 atom stereocenters. The van der Waals surface area contributed by atoms with Gasteiger partial charge in [0, 0.05) is 19.2 Å². The first kappa shape index (κ1) is 11.4. The summed E-state index contributed by atoms with van der Waals surface area (Å²) < 4.78 is 2.27. The lowest BCUT2D eigenvalue weighted by Gasteiger charge is -1.98. The molecule has 1 heterocycles. The standard InChI is InChI=1S/C11H12N2OS2/c1-8(14)12-6-7-15-11-13-9-4-2-3-5-10(9)16-11/h2-5H,6-7H2,1H3,(H,12,14). The van der Waals surface area contributed by atoms with Crippen molar-refractivity contribution >= 4 is 39.2 Å². The van der Waals surface area contributed by atoms with E-state index in [0.717, 1.165) is 15.6 Å². The average molecular weight is 252 g/mol. The first-order valence-electron chi connectivity index (χ1n) is 4.98. The molecule has 0 saturated carbocycles. The molecule has 0 saturated heterocycles. The molecule has 2 rings (SSSR count). The van der Waals surface area contributed by atoms with Crippen LogP contribution < -0.4 is 5.32 Å². The minimum absolute atomic E-state index is 0.0184. The largest absolute Gasteiger partial charge is 0.356 e. The second-order valence-corrected chi connectivity index (χ2v) is 5.65. The van der Waals surface area contributed by atoms with E-state index in [4.69, 9.17) is 0 Å². The molecule has 0 radical (unpaired) electrons. The molecule has 0 aliphatic rings. The predicted octanol–water partition coefficient (Wildman–Crippen LogP) is 2.52. The molecule has 1 aromatic carbocycles. The van der Waals surface area contributed by atoms with Crippen LogP contribution >= 0.6 is 23.1 Å². The topological polar surface area (TPSA) is 42.0 Å². The number of nitrogens with one attached hydrogen (secondary N) is 1. The Bertz CT molecular complexity index is 462. The fraction of sp³-hybridized carbons (Fsp3) is 0.273. The number of hydrogen-bond donors (Lipinski definition) is 1. The second kappa shape index (κ2) is 5.32. The summed E-state index contributed by atoms with van der Waals surface area (Å²) >= 11 is 3.38. The highest BCUT2D eigenvalue weighted by Gasteiger charge is 2.03. The van der Waals surface area contributed by atoms with Gasteiger partial charge in [-0.05, 0) is 12.1 Å². The number of rotatable bonds is 4. The fourth-order valence-corrected chi connectivity index (χ4v) is 3.27. The van der Waals surface area contributed by atoms with E-state index in [0.29, 0.717) is 6.54 Å². The zero-order valence-corrected chi connectivity index (χ0v) is 10.5. The average Bonchev–Trinajstić information content (AvgIpc) is 2.66. The molecule has 0 fully saturated rings. The van der Waals surface area contributed by atoms with Crippen LogP contribution in [0.3, 0.4) is 0 Å². The van der Waals surface area contributed by atoms with E-state index in [1.807, 2.05) is 18.2 Å². The van der Waals surface area contributed by atoms with Gasteiger partial charge in [0.15, 0.2) is 4.34 Å². The van der Waals surface area contributed by atoms with Gasteiger partial charge < -0.3 is 5.32 Å². The highest BCUT2D eigenvalue weighted by atomic mass is 32.2. The SMILES string of the molecule is CC(=O)NCCSc1nc2ccccc2s1. The zero-order valence-electron chi connectivity index (χ0n) is 8.90. The number of amides is 1. The van der Waals surface area contributed by atoms with E-state index in [1.165, 1.54) is 11.6 Å². The van der Waals surface area contributed by atoms with Crippen LogP contribution in [-0.2, 0) is 4.79 Å². The van der Waals surface area contributed by atoms with E-state index in [2.05, 4.69) is 16.4 Å². The maximum atomic E-state index is 10.7. The minimum atomic E-state index is 0.0184. The number of hydrogen-bond acceptors (Lipinski definition) is 4. The number of para-hydroxylation sites is 1. The van der Waals surface area contributed by atoms with Crippen molar-refractivity contribution in [3.05, 3.63) is 24.3 Å². The van der Waals surface area contributed by atoms with Crippen molar-refractivity contribution in [2.75, 3.05) is 12.3 Å². The first-order valence-corrected chi connectivity index (χ1v) is 6.79. The Morgan fingerprint density at radius 3 is 3.06 bits per heavy atom. The van der Waals surface area contributed by atoms with Crippen molar-refractivity contribution in [3.8, 4) is 0 Å². The lowest BCUT2D eigenvalue weighted by atomic mass is 10.3. The molecule has 16 heavy (non-hydrogen) atoms. The Morgan fingerprint density at radius 1 is 1.50 bits per heavy atom. The summed E-state index contributed by atoms with van der Waals surface area (Å²) in [5.41, 5.74) is 1.05. The van der Waals surface area contributed by atoms with Crippen molar-refractivity contribution in [3.63, 3.8) is 0 Å². The normalized spacial score (nSPS) is 10.6. The van der Waals surface area contributed by atoms with Crippen LogP contribution in [0.2, 0.25) is 0 Å². The van der Waals surface area contributed by atoms with Gasteiger partial charge in [-0.2, -0.15) is 0 Å². The molecule has 0 spiro atoms. The van der Waals surface area contributed by atoms with E-state index < -0.39 is 0 Å². The maximum Gasteiger partial charge on any atom is 0.216 e. The van der Waals surface area contributed by atoms with Gasteiger partial charge in [0.05, 0.1) is 10.2 Å². The molecular formula is C11H12N2OS2. The quantitative estimate of drug-likeness (QED) is 0.671. The Morgan fingerprint density at radius 2 is 2.31 bits per heavy atom. The highest BCUT2D eigenvalue weighted by molar-refractivity contribution is 8.01. The van der Waals surface area contributed by atoms with E-state index in [9.17, 15) is 4.79 Å². The number of fused-ring (bicyclic) bond motifs is 1. The van der Waals surface area contributed by atoms with Crippen LogP contribution in [0.1, 0.15) is 6.92 Å². The van der Waals surface area contributed by atoms with Gasteiger partial charge in [-0.25, -0.2) is 4.98 Å². The summed E-state index contributed by atoms with van der Waals surface area (Å²) in [6.07, 6.45) is 0. The second-order valence-electron chi connectivity index (χ2n) is 3.28. The molecule has 3 nitrogen and oxygen atoms in total. The summed E-state index contributed by atoms with van der Waals surface area (Å²) in [5, 5.41) is 2.77. The van der Waals surface area contributed by atoms with Crippen LogP contribution in [0, 0.1) is 0 Å². The third-order valence-electron chi connectivity index (χ3n) is 1.98. The lowest BCUT2D eigenvalue weighted by Crippen LogP contribution is -2.22. The molecule has 0 aliphatic heterocycles. The highest BCUT2D eigenvalue weighted by Crippen LogP contribution is 2.28. The summed E-state index contributed by atoms with van der Waals surface area (Å²) in [4.78, 5) is 15.2. The Labute approximate surface area is 102 Å². The van der Waals surface area contributed by atoms with Crippen molar-refractivity contribution < 1.29 is 4.79 Å². The summed E-state index contributed by atoms with van der Waals surface area (Å²) in [6, 6.07) is 8.11. The maximum absolute atomic E-state index is 10.7. The van der Waals surface area contributed by atoms with Gasteiger partial charge in [0.25, 0.3) is 0 Å². The first-order chi connectivity index (χ1) is 7.75. The number of thiazole rings is 1. The molecule has 5 heteroatoms. The van der Waals surface area contributed by atoms with Gasteiger partial charge in [0.1, 0.15) is 0 Å². The number of benzene rings is 1. The van der Waals surface area contributed by atoms with Crippen LogP contribution in [-0.4, -0.2) is 23.2 Å². The van der Waals surface area contributed by atoms with Crippen LogP contribution in [0.5, 0.6) is 0 Å². The van der Waals surface area contributed by atoms with Crippen LogP contribution in [0.4, 0.5) is 0 Å². The Kier molecular flexibility index (Phi) is 3.79. The number of aromatic nitrogens is 1. The summed E-state index contributed by atoms with van der Waals surface area (Å²) in [5.74, 6) is 0.879. The molecule has 1 aromatic heterocycles. The molecule has 1 amide bonds. The number of thioether (sulfide) groups is 1. The molecule has 0 bridgehead atoms. The summed E-state index contributed by atoms with van der Waals surface area (Å²) in [7, 11) is 0. The van der Waals surface area contributed by atoms with E-state index in [1.54, 1.807) is 23.1 Å². The number of carbonyl (C=O) groups excluding carboxylic acids is 1. The third kappa shape index (κ3) is 2.96. The van der Waals surface area contributed by atoms with Crippen molar-refractivity contribution in [2.45, 2.75) is 11.3 Å².